The number of ether oxygens (including phenoxy) is 1. The Balaban J connectivity index is 2.04. The van der Waals surface area contributed by atoms with Gasteiger partial charge in [-0.15, -0.1) is 0 Å². The van der Waals surface area contributed by atoms with E-state index in [2.05, 4.69) is 31.3 Å². The van der Waals surface area contributed by atoms with Gasteiger partial charge in [0.25, 0.3) is 0 Å². The molecule has 5 heteroatoms. The lowest BCUT2D eigenvalue weighted by Crippen LogP contribution is -2.46. The molecule has 1 fully saturated rings. The smallest absolute Gasteiger partial charge is 0.227 e. The summed E-state index contributed by atoms with van der Waals surface area (Å²) in [6, 6.07) is 0. The van der Waals surface area contributed by atoms with E-state index in [1.807, 2.05) is 4.90 Å². The molecule has 1 saturated carbocycles. The van der Waals surface area contributed by atoms with Gasteiger partial charge in [0, 0.05) is 33.4 Å². The highest BCUT2D eigenvalue weighted by Gasteiger charge is 2.52. The van der Waals surface area contributed by atoms with Crippen LogP contribution in [0.4, 0.5) is 0 Å². The summed E-state index contributed by atoms with van der Waals surface area (Å²) in [5.41, 5.74) is 0. The normalized spacial score (nSPS) is 27.5. The molecule has 0 heterocycles. The van der Waals surface area contributed by atoms with E-state index in [-0.39, 0.29) is 35.5 Å². The van der Waals surface area contributed by atoms with Gasteiger partial charge in [-0.1, -0.05) is 26.0 Å². The van der Waals surface area contributed by atoms with Crippen LogP contribution >= 0.6 is 0 Å². The molecule has 2 aliphatic rings. The molecule has 0 aromatic rings. The Morgan fingerprint density at radius 3 is 2.33 bits per heavy atom. The number of carbonyl (C=O) groups is 2. The summed E-state index contributed by atoms with van der Waals surface area (Å²) in [5, 5.41) is 3.01. The molecule has 24 heavy (non-hydrogen) atoms. The third kappa shape index (κ3) is 4.18. The topological polar surface area (TPSA) is 58.6 Å². The van der Waals surface area contributed by atoms with Gasteiger partial charge in [-0.2, -0.15) is 0 Å². The van der Waals surface area contributed by atoms with Crippen LogP contribution in [0, 0.1) is 23.7 Å². The predicted molar refractivity (Wildman–Crippen MR) is 94.4 cm³/mol. The molecule has 5 nitrogen and oxygen atoms in total. The van der Waals surface area contributed by atoms with Crippen molar-refractivity contribution < 1.29 is 14.3 Å². The highest BCUT2D eigenvalue weighted by atomic mass is 16.5. The van der Waals surface area contributed by atoms with Crippen molar-refractivity contribution >= 4 is 11.8 Å². The van der Waals surface area contributed by atoms with Crippen LogP contribution in [0.25, 0.3) is 0 Å². The van der Waals surface area contributed by atoms with Gasteiger partial charge >= 0.3 is 0 Å². The lowest BCUT2D eigenvalue weighted by Gasteiger charge is -2.32. The molecule has 136 valence electrons. The van der Waals surface area contributed by atoms with E-state index in [0.717, 1.165) is 38.8 Å². The van der Waals surface area contributed by atoms with Crippen LogP contribution in [-0.2, 0) is 14.3 Å². The van der Waals surface area contributed by atoms with Crippen molar-refractivity contribution in [2.45, 2.75) is 39.5 Å². The maximum atomic E-state index is 13.1. The van der Waals surface area contributed by atoms with E-state index in [1.165, 1.54) is 0 Å². The number of hydrogen-bond donors (Lipinski definition) is 1. The highest BCUT2D eigenvalue weighted by molar-refractivity contribution is 5.89. The van der Waals surface area contributed by atoms with Crippen molar-refractivity contribution in [3.63, 3.8) is 0 Å². The summed E-state index contributed by atoms with van der Waals surface area (Å²) in [5.74, 6) is 0.276. The molecular weight excluding hydrogens is 304 g/mol. The molecule has 0 aliphatic heterocycles. The van der Waals surface area contributed by atoms with Crippen LogP contribution in [-0.4, -0.2) is 50.1 Å². The van der Waals surface area contributed by atoms with Gasteiger partial charge in [0.2, 0.25) is 11.8 Å². The molecule has 2 rings (SSSR count). The first-order chi connectivity index (χ1) is 11.6. The molecule has 0 radical (unpaired) electrons. The number of nitrogens with zero attached hydrogens (tertiary/aromatic N) is 1. The van der Waals surface area contributed by atoms with Crippen LogP contribution in [0.1, 0.15) is 39.5 Å². The standard InChI is InChI=1S/C19H32N2O3/c1-4-10-21(11-5-2)19(23)17-15-8-7-14(13-15)16(17)18(22)20-9-6-12-24-3/h7-8,14-17H,4-6,9-13H2,1-3H3,(H,20,22)/t14-,15-,16-,17-/m0/s1. The van der Waals surface area contributed by atoms with E-state index in [1.54, 1.807) is 7.11 Å². The minimum Gasteiger partial charge on any atom is -0.385 e. The summed E-state index contributed by atoms with van der Waals surface area (Å²) < 4.78 is 5.02. The summed E-state index contributed by atoms with van der Waals surface area (Å²) in [7, 11) is 1.66. The molecule has 2 aliphatic carbocycles. The Kier molecular flexibility index (Phi) is 7.28. The zero-order chi connectivity index (χ0) is 17.5. The van der Waals surface area contributed by atoms with Crippen molar-refractivity contribution in [2.75, 3.05) is 33.4 Å². The SMILES string of the molecule is CCCN(CCC)C(=O)[C@@H]1[C@@H](C(=O)NCCCOC)[C@H]2C=C[C@H]1C2. The maximum absolute atomic E-state index is 13.1. The monoisotopic (exact) mass is 336 g/mol. The summed E-state index contributed by atoms with van der Waals surface area (Å²) >= 11 is 0. The third-order valence-electron chi connectivity index (χ3n) is 5.17. The number of rotatable bonds is 10. The van der Waals surface area contributed by atoms with Gasteiger partial charge in [-0.05, 0) is 37.5 Å². The third-order valence-corrected chi connectivity index (χ3v) is 5.17. The molecule has 0 spiro atoms. The number of carbonyl (C=O) groups excluding carboxylic acids is 2. The first-order valence-corrected chi connectivity index (χ1v) is 9.37. The molecule has 1 N–H and O–H groups in total. The molecule has 0 unspecified atom stereocenters. The van der Waals surface area contributed by atoms with E-state index in [9.17, 15) is 9.59 Å². The first-order valence-electron chi connectivity index (χ1n) is 9.37. The second-order valence-corrected chi connectivity index (χ2v) is 6.96. The Morgan fingerprint density at radius 2 is 1.75 bits per heavy atom. The van der Waals surface area contributed by atoms with Gasteiger partial charge < -0.3 is 15.0 Å². The quantitative estimate of drug-likeness (QED) is 0.492. The maximum Gasteiger partial charge on any atom is 0.227 e. The van der Waals surface area contributed by atoms with Gasteiger partial charge in [-0.3, -0.25) is 9.59 Å². The van der Waals surface area contributed by atoms with Gasteiger partial charge in [0.1, 0.15) is 0 Å². The van der Waals surface area contributed by atoms with Gasteiger partial charge in [0.05, 0.1) is 11.8 Å². The zero-order valence-electron chi connectivity index (χ0n) is 15.3. The van der Waals surface area contributed by atoms with Crippen LogP contribution in [0.2, 0.25) is 0 Å². The Hall–Kier alpha value is -1.36. The van der Waals surface area contributed by atoms with Crippen molar-refractivity contribution in [1.29, 1.82) is 0 Å². The highest BCUT2D eigenvalue weighted by Crippen LogP contribution is 2.48. The van der Waals surface area contributed by atoms with Crippen LogP contribution in [0.5, 0.6) is 0 Å². The second kappa shape index (κ2) is 9.21. The molecular formula is C19H32N2O3. The fraction of sp³-hybridized carbons (Fsp3) is 0.789. The molecule has 2 bridgehead atoms. The van der Waals surface area contributed by atoms with Crippen LogP contribution in [0.15, 0.2) is 12.2 Å². The fourth-order valence-electron chi connectivity index (χ4n) is 4.15. The largest absolute Gasteiger partial charge is 0.385 e. The van der Waals surface area contributed by atoms with Crippen LogP contribution in [0.3, 0.4) is 0 Å². The lowest BCUT2D eigenvalue weighted by atomic mass is 9.81. The average molecular weight is 336 g/mol. The molecule has 0 aromatic heterocycles. The number of hydrogen-bond acceptors (Lipinski definition) is 3. The predicted octanol–water partition coefficient (Wildman–Crippen LogP) is 2.23. The molecule has 4 atom stereocenters. The molecule has 0 saturated heterocycles. The number of nitrogens with one attached hydrogen (secondary N) is 1. The molecule has 0 aromatic carbocycles. The van der Waals surface area contributed by atoms with Crippen LogP contribution < -0.4 is 5.32 Å². The Labute approximate surface area is 145 Å². The van der Waals surface area contributed by atoms with E-state index >= 15 is 0 Å². The van der Waals surface area contributed by atoms with E-state index in [0.29, 0.717) is 13.2 Å². The Morgan fingerprint density at radius 1 is 1.12 bits per heavy atom. The number of amides is 2. The van der Waals surface area contributed by atoms with Gasteiger partial charge in [0.15, 0.2) is 0 Å². The number of fused-ring (bicyclic) bond motifs is 2. The zero-order valence-corrected chi connectivity index (χ0v) is 15.3. The summed E-state index contributed by atoms with van der Waals surface area (Å²) in [4.78, 5) is 27.8. The van der Waals surface area contributed by atoms with Gasteiger partial charge in [-0.25, -0.2) is 0 Å². The van der Waals surface area contributed by atoms with Crippen molar-refractivity contribution in [3.8, 4) is 0 Å². The van der Waals surface area contributed by atoms with E-state index < -0.39 is 0 Å². The first kappa shape index (κ1) is 19.0. The number of allylic oxidation sites excluding steroid dienone is 2. The van der Waals surface area contributed by atoms with Crippen molar-refractivity contribution in [2.24, 2.45) is 23.7 Å². The molecule has 2 amide bonds. The number of methoxy groups -OCH3 is 1. The van der Waals surface area contributed by atoms with Crippen molar-refractivity contribution in [3.05, 3.63) is 12.2 Å². The Bertz CT molecular complexity index is 458. The van der Waals surface area contributed by atoms with E-state index in [4.69, 9.17) is 4.74 Å². The van der Waals surface area contributed by atoms with Crippen molar-refractivity contribution in [1.82, 2.24) is 10.2 Å². The lowest BCUT2D eigenvalue weighted by molar-refractivity contribution is -0.142. The summed E-state index contributed by atoms with van der Waals surface area (Å²) in [6.45, 7) is 7.00. The second-order valence-electron chi connectivity index (χ2n) is 6.96. The fourth-order valence-corrected chi connectivity index (χ4v) is 4.15. The average Bonchev–Trinajstić information content (AvgIpc) is 3.19. The summed E-state index contributed by atoms with van der Waals surface area (Å²) in [6.07, 6.45) is 7.94. The minimum atomic E-state index is -0.203. The minimum absolute atomic E-state index is 0.0363.